The molecule has 0 bridgehead atoms. The van der Waals surface area contributed by atoms with E-state index in [0.29, 0.717) is 5.82 Å². The number of aromatic nitrogens is 3. The number of benzene rings is 1. The fourth-order valence-electron chi connectivity index (χ4n) is 1.28. The van der Waals surface area contributed by atoms with Crippen LogP contribution in [-0.4, -0.2) is 26.3 Å². The number of hydrogen-bond acceptors (Lipinski definition) is 7. The molecule has 0 saturated carbocycles. The first-order valence-electron chi connectivity index (χ1n) is 5.20. The zero-order chi connectivity index (χ0) is 13.0. The van der Waals surface area contributed by atoms with Crippen LogP contribution in [0.1, 0.15) is 11.4 Å². The SMILES string of the molecule is Cc1nc(N)nc(N/N=C/c2ccc(O)cc2)n1. The topological polar surface area (TPSA) is 109 Å². The third kappa shape index (κ3) is 3.14. The Morgan fingerprint density at radius 3 is 2.61 bits per heavy atom. The van der Waals surface area contributed by atoms with Crippen molar-refractivity contribution >= 4 is 18.1 Å². The van der Waals surface area contributed by atoms with Crippen molar-refractivity contribution in [3.8, 4) is 5.75 Å². The van der Waals surface area contributed by atoms with Crippen molar-refractivity contribution < 1.29 is 5.11 Å². The van der Waals surface area contributed by atoms with E-state index in [0.717, 1.165) is 5.56 Å². The van der Waals surface area contributed by atoms with Crippen molar-refractivity contribution in [2.24, 2.45) is 5.10 Å². The Kier molecular flexibility index (Phi) is 3.33. The van der Waals surface area contributed by atoms with Crippen LogP contribution in [0.5, 0.6) is 5.75 Å². The highest BCUT2D eigenvalue weighted by Crippen LogP contribution is 2.08. The largest absolute Gasteiger partial charge is 0.508 e. The van der Waals surface area contributed by atoms with E-state index < -0.39 is 0 Å². The second kappa shape index (κ2) is 5.09. The summed E-state index contributed by atoms with van der Waals surface area (Å²) in [6.45, 7) is 1.72. The van der Waals surface area contributed by atoms with Crippen LogP contribution in [0.15, 0.2) is 29.4 Å². The van der Waals surface area contributed by atoms with Gasteiger partial charge in [-0.05, 0) is 36.8 Å². The van der Waals surface area contributed by atoms with Crippen molar-refractivity contribution in [2.45, 2.75) is 6.92 Å². The molecule has 0 aliphatic rings. The van der Waals surface area contributed by atoms with Gasteiger partial charge in [0, 0.05) is 0 Å². The van der Waals surface area contributed by atoms with Gasteiger partial charge in [-0.2, -0.15) is 20.1 Å². The number of hydrogen-bond donors (Lipinski definition) is 3. The highest BCUT2D eigenvalue weighted by molar-refractivity contribution is 5.80. The molecule has 1 heterocycles. The number of nitrogens with two attached hydrogens (primary N) is 1. The standard InChI is InChI=1S/C11H12N6O/c1-7-14-10(12)16-11(15-7)17-13-6-8-2-4-9(18)5-3-8/h2-6,18H,1H3,(H3,12,14,15,16,17)/b13-6+. The van der Waals surface area contributed by atoms with E-state index >= 15 is 0 Å². The summed E-state index contributed by atoms with van der Waals surface area (Å²) in [7, 11) is 0. The van der Waals surface area contributed by atoms with E-state index in [1.165, 1.54) is 0 Å². The van der Waals surface area contributed by atoms with Gasteiger partial charge in [0.25, 0.3) is 0 Å². The Bertz CT molecular complexity index is 546. The van der Waals surface area contributed by atoms with Gasteiger partial charge in [0.2, 0.25) is 11.9 Å². The molecule has 0 amide bonds. The first-order chi connectivity index (χ1) is 8.63. The van der Waals surface area contributed by atoms with E-state index in [4.69, 9.17) is 10.8 Å². The smallest absolute Gasteiger partial charge is 0.248 e. The number of nitrogens with zero attached hydrogens (tertiary/aromatic N) is 4. The van der Waals surface area contributed by atoms with Crippen molar-refractivity contribution in [1.82, 2.24) is 15.0 Å². The van der Waals surface area contributed by atoms with Crippen LogP contribution >= 0.6 is 0 Å². The molecule has 0 saturated heterocycles. The predicted molar refractivity (Wildman–Crippen MR) is 68.3 cm³/mol. The molecule has 7 heteroatoms. The van der Waals surface area contributed by atoms with E-state index in [2.05, 4.69) is 25.5 Å². The summed E-state index contributed by atoms with van der Waals surface area (Å²) < 4.78 is 0. The van der Waals surface area contributed by atoms with Crippen LogP contribution in [0, 0.1) is 6.92 Å². The highest BCUT2D eigenvalue weighted by Gasteiger charge is 1.98. The average molecular weight is 244 g/mol. The number of nitrogens with one attached hydrogen (secondary N) is 1. The summed E-state index contributed by atoms with van der Waals surface area (Å²) in [6.07, 6.45) is 1.58. The maximum Gasteiger partial charge on any atom is 0.248 e. The maximum absolute atomic E-state index is 9.12. The molecule has 18 heavy (non-hydrogen) atoms. The van der Waals surface area contributed by atoms with Crippen LogP contribution in [0.2, 0.25) is 0 Å². The van der Waals surface area contributed by atoms with E-state index in [1.807, 2.05) is 0 Å². The highest BCUT2D eigenvalue weighted by atomic mass is 16.3. The molecule has 0 unspecified atom stereocenters. The molecule has 0 spiro atoms. The summed E-state index contributed by atoms with van der Waals surface area (Å²) in [5.41, 5.74) is 8.96. The van der Waals surface area contributed by atoms with Gasteiger partial charge in [0.05, 0.1) is 6.21 Å². The Balaban J connectivity index is 2.04. The zero-order valence-electron chi connectivity index (χ0n) is 9.70. The molecule has 0 fully saturated rings. The monoisotopic (exact) mass is 244 g/mol. The lowest BCUT2D eigenvalue weighted by molar-refractivity contribution is 0.475. The molecular formula is C11H12N6O. The molecule has 7 nitrogen and oxygen atoms in total. The van der Waals surface area contributed by atoms with E-state index in [1.54, 1.807) is 37.4 Å². The quantitative estimate of drug-likeness (QED) is 0.547. The minimum atomic E-state index is 0.143. The Morgan fingerprint density at radius 1 is 1.22 bits per heavy atom. The predicted octanol–water partition coefficient (Wildman–Crippen LogP) is 0.914. The molecular weight excluding hydrogens is 232 g/mol. The molecule has 0 aliphatic carbocycles. The first-order valence-corrected chi connectivity index (χ1v) is 5.20. The molecule has 1 aromatic carbocycles. The number of hydrazone groups is 1. The van der Waals surface area contributed by atoms with Gasteiger partial charge < -0.3 is 10.8 Å². The molecule has 2 aromatic rings. The van der Waals surface area contributed by atoms with Crippen molar-refractivity contribution in [3.63, 3.8) is 0 Å². The van der Waals surface area contributed by atoms with Crippen LogP contribution < -0.4 is 11.2 Å². The number of rotatable bonds is 3. The van der Waals surface area contributed by atoms with Gasteiger partial charge in [-0.3, -0.25) is 0 Å². The molecule has 0 aliphatic heterocycles. The van der Waals surface area contributed by atoms with Crippen LogP contribution in [0.4, 0.5) is 11.9 Å². The van der Waals surface area contributed by atoms with Gasteiger partial charge in [0.1, 0.15) is 11.6 Å². The zero-order valence-corrected chi connectivity index (χ0v) is 9.70. The van der Waals surface area contributed by atoms with Gasteiger partial charge in [-0.1, -0.05) is 0 Å². The van der Waals surface area contributed by atoms with Crippen molar-refractivity contribution in [1.29, 1.82) is 0 Å². The van der Waals surface area contributed by atoms with E-state index in [9.17, 15) is 0 Å². The maximum atomic E-state index is 9.12. The summed E-state index contributed by atoms with van der Waals surface area (Å²) in [6, 6.07) is 6.61. The third-order valence-corrected chi connectivity index (χ3v) is 2.04. The van der Waals surface area contributed by atoms with Crippen LogP contribution in [-0.2, 0) is 0 Å². The first kappa shape index (κ1) is 11.8. The Labute approximate surface area is 103 Å². The number of aryl methyl sites for hydroxylation is 1. The summed E-state index contributed by atoms with van der Waals surface area (Å²) in [5, 5.41) is 13.1. The molecule has 1 aromatic heterocycles. The second-order valence-corrected chi connectivity index (χ2v) is 3.53. The minimum absolute atomic E-state index is 0.143. The lowest BCUT2D eigenvalue weighted by Crippen LogP contribution is -2.04. The number of phenolic OH excluding ortho intramolecular Hbond substituents is 1. The normalized spacial score (nSPS) is 10.7. The number of nitrogen functional groups attached to an aromatic ring is 1. The second-order valence-electron chi connectivity index (χ2n) is 3.53. The van der Waals surface area contributed by atoms with Crippen molar-refractivity contribution in [3.05, 3.63) is 35.7 Å². The summed E-state index contributed by atoms with van der Waals surface area (Å²) in [4.78, 5) is 11.7. The number of anilines is 2. The number of phenols is 1. The third-order valence-electron chi connectivity index (χ3n) is 2.04. The van der Waals surface area contributed by atoms with Gasteiger partial charge in [-0.25, -0.2) is 5.43 Å². The molecule has 0 atom stereocenters. The van der Waals surface area contributed by atoms with Gasteiger partial charge in [-0.15, -0.1) is 0 Å². The minimum Gasteiger partial charge on any atom is -0.508 e. The lowest BCUT2D eigenvalue weighted by atomic mass is 10.2. The fraction of sp³-hybridized carbons (Fsp3) is 0.0909. The van der Waals surface area contributed by atoms with Gasteiger partial charge in [0.15, 0.2) is 0 Å². The van der Waals surface area contributed by atoms with Crippen LogP contribution in [0.3, 0.4) is 0 Å². The molecule has 4 N–H and O–H groups in total. The molecule has 92 valence electrons. The summed E-state index contributed by atoms with van der Waals surface area (Å²) in [5.74, 6) is 1.16. The lowest BCUT2D eigenvalue weighted by Gasteiger charge is -2.00. The van der Waals surface area contributed by atoms with E-state index in [-0.39, 0.29) is 17.6 Å². The van der Waals surface area contributed by atoms with Gasteiger partial charge >= 0.3 is 0 Å². The molecule has 2 rings (SSSR count). The summed E-state index contributed by atoms with van der Waals surface area (Å²) >= 11 is 0. The fourth-order valence-corrected chi connectivity index (χ4v) is 1.28. The Morgan fingerprint density at radius 2 is 1.94 bits per heavy atom. The number of aromatic hydroxyl groups is 1. The van der Waals surface area contributed by atoms with Crippen molar-refractivity contribution in [2.75, 3.05) is 11.2 Å². The Hall–Kier alpha value is -2.70. The average Bonchev–Trinajstić information content (AvgIpc) is 2.30. The van der Waals surface area contributed by atoms with Crippen LogP contribution in [0.25, 0.3) is 0 Å². The molecule has 0 radical (unpaired) electrons.